The normalized spacial score (nSPS) is 13.8. The van der Waals surface area contributed by atoms with Gasteiger partial charge in [-0.25, -0.2) is 0 Å². The van der Waals surface area contributed by atoms with Crippen LogP contribution in [0.25, 0.3) is 10.1 Å². The molecule has 144 valence electrons. The first-order valence-corrected chi connectivity index (χ1v) is 12.2. The summed E-state index contributed by atoms with van der Waals surface area (Å²) >= 11 is 1.45. The van der Waals surface area contributed by atoms with Gasteiger partial charge < -0.3 is 14.6 Å². The molecule has 0 saturated heterocycles. The molecule has 4 nitrogen and oxygen atoms in total. The lowest BCUT2D eigenvalue weighted by molar-refractivity contribution is -0.138. The molecule has 26 heavy (non-hydrogen) atoms. The molecule has 1 aromatic carbocycles. The summed E-state index contributed by atoms with van der Waals surface area (Å²) in [5.74, 6) is -0.762. The molecule has 2 aromatic rings. The van der Waals surface area contributed by atoms with E-state index in [0.29, 0.717) is 33.3 Å². The number of carbonyl (C=O) groups is 1. The van der Waals surface area contributed by atoms with Gasteiger partial charge in [-0.2, -0.15) is 0 Å². The van der Waals surface area contributed by atoms with Crippen LogP contribution < -0.4 is 4.43 Å². The fourth-order valence-corrected chi connectivity index (χ4v) is 10.5. The average molecular weight is 395 g/mol. The second-order valence-electron chi connectivity index (χ2n) is 7.99. The maximum absolute atomic E-state index is 11.3. The van der Waals surface area contributed by atoms with Crippen molar-refractivity contribution in [2.24, 2.45) is 0 Å². The lowest BCUT2D eigenvalue weighted by atomic mass is 10.00. The maximum atomic E-state index is 11.3. The molecule has 1 aromatic heterocycles. The van der Waals surface area contributed by atoms with Crippen molar-refractivity contribution in [3.05, 3.63) is 23.1 Å². The van der Waals surface area contributed by atoms with E-state index in [-0.39, 0.29) is 5.75 Å². The maximum Gasteiger partial charge on any atom is 0.310 e. The van der Waals surface area contributed by atoms with Gasteiger partial charge in [-0.15, -0.1) is 11.3 Å². The Labute approximate surface area is 161 Å². The van der Waals surface area contributed by atoms with Gasteiger partial charge in [0.1, 0.15) is 11.5 Å². The highest BCUT2D eigenvalue weighted by atomic mass is 32.1. The first-order valence-electron chi connectivity index (χ1n) is 9.18. The number of hydrogen-bond donors (Lipinski definition) is 2. The third-order valence-corrected chi connectivity index (χ3v) is 12.4. The summed E-state index contributed by atoms with van der Waals surface area (Å²) in [6, 6.07) is 3.61. The topological polar surface area (TPSA) is 66.8 Å². The number of rotatable bonds is 7. The van der Waals surface area contributed by atoms with E-state index in [1.54, 1.807) is 13.0 Å². The predicted molar refractivity (Wildman–Crippen MR) is 111 cm³/mol. The lowest BCUT2D eigenvalue weighted by Gasteiger charge is -2.42. The largest absolute Gasteiger partial charge is 0.543 e. The van der Waals surface area contributed by atoms with Crippen LogP contribution in [0.1, 0.15) is 59.9 Å². The highest BCUT2D eigenvalue weighted by Gasteiger charge is 2.47. The van der Waals surface area contributed by atoms with Crippen LogP contribution in [-0.2, 0) is 4.79 Å². The van der Waals surface area contributed by atoms with Crippen LogP contribution in [0, 0.1) is 0 Å². The van der Waals surface area contributed by atoms with Crippen LogP contribution in [0.2, 0.25) is 16.6 Å². The number of benzene rings is 1. The molecule has 1 heterocycles. The summed E-state index contributed by atoms with van der Waals surface area (Å²) in [5.41, 5.74) is 1.96. The Morgan fingerprint density at radius 2 is 1.58 bits per heavy atom. The summed E-state index contributed by atoms with van der Waals surface area (Å²) in [6.07, 6.45) is 0. The van der Waals surface area contributed by atoms with Crippen molar-refractivity contribution in [2.75, 3.05) is 0 Å². The smallest absolute Gasteiger partial charge is 0.310 e. The zero-order valence-corrected chi connectivity index (χ0v) is 18.5. The number of hydrogen-bond acceptors (Lipinski definition) is 4. The molecule has 2 rings (SSSR count). The minimum Gasteiger partial charge on any atom is -0.543 e. The summed E-state index contributed by atoms with van der Waals surface area (Å²) in [5, 5.41) is 22.4. The van der Waals surface area contributed by atoms with Gasteiger partial charge in [0.25, 0.3) is 8.32 Å². The lowest BCUT2D eigenvalue weighted by Crippen LogP contribution is -2.50. The van der Waals surface area contributed by atoms with Crippen molar-refractivity contribution >= 4 is 35.7 Å². The molecule has 0 spiro atoms. The molecule has 2 N–H and O–H groups in total. The minimum atomic E-state index is -2.11. The fourth-order valence-electron chi connectivity index (χ4n) is 4.21. The highest BCUT2D eigenvalue weighted by Crippen LogP contribution is 2.45. The first kappa shape index (κ1) is 20.8. The van der Waals surface area contributed by atoms with Crippen molar-refractivity contribution in [1.82, 2.24) is 0 Å². The molecule has 0 fully saturated rings. The molecular weight excluding hydrogens is 364 g/mol. The van der Waals surface area contributed by atoms with E-state index >= 15 is 0 Å². The van der Waals surface area contributed by atoms with Gasteiger partial charge in [0.15, 0.2) is 0 Å². The van der Waals surface area contributed by atoms with Crippen LogP contribution in [-0.4, -0.2) is 24.5 Å². The first-order chi connectivity index (χ1) is 12.0. The predicted octanol–water partition coefficient (Wildman–Crippen LogP) is 6.35. The Bertz CT molecular complexity index is 773. The van der Waals surface area contributed by atoms with Crippen LogP contribution in [0.4, 0.5) is 0 Å². The Morgan fingerprint density at radius 3 is 2.04 bits per heavy atom. The van der Waals surface area contributed by atoms with E-state index in [9.17, 15) is 15.0 Å². The minimum absolute atomic E-state index is 0.0982. The molecule has 0 radical (unpaired) electrons. The van der Waals surface area contributed by atoms with Crippen LogP contribution >= 0.6 is 11.3 Å². The number of aromatic hydroxyl groups is 1. The van der Waals surface area contributed by atoms with Gasteiger partial charge in [0.05, 0.1) is 5.92 Å². The highest BCUT2D eigenvalue weighted by molar-refractivity contribution is 7.17. The number of aliphatic carboxylic acids is 1. The van der Waals surface area contributed by atoms with Crippen molar-refractivity contribution < 1.29 is 19.4 Å². The standard InChI is InChI=1S/C20H30O4SSi/c1-11(2)26(12(3)4,13(5)6)24-15-8-17(21)19-16(14(7)20(22)23)10-25-18(19)9-15/h8-14,21H,1-7H3,(H,22,23). The molecule has 0 saturated carbocycles. The molecule has 0 bridgehead atoms. The number of phenolic OH excluding ortho intramolecular Hbond substituents is 1. The van der Waals surface area contributed by atoms with Gasteiger partial charge in [0.2, 0.25) is 0 Å². The van der Waals surface area contributed by atoms with E-state index < -0.39 is 20.2 Å². The van der Waals surface area contributed by atoms with Crippen molar-refractivity contribution in [3.8, 4) is 11.5 Å². The average Bonchev–Trinajstić information content (AvgIpc) is 2.94. The molecule has 0 aliphatic heterocycles. The summed E-state index contributed by atoms with van der Waals surface area (Å²) < 4.78 is 7.52. The molecular formula is C20H30O4SSi. The van der Waals surface area contributed by atoms with Crippen LogP contribution in [0.5, 0.6) is 11.5 Å². The van der Waals surface area contributed by atoms with Crippen LogP contribution in [0.3, 0.4) is 0 Å². The third kappa shape index (κ3) is 3.49. The van der Waals surface area contributed by atoms with Crippen molar-refractivity contribution in [2.45, 2.75) is 71.0 Å². The Balaban J connectivity index is 2.54. The molecule has 6 heteroatoms. The second kappa shape index (κ2) is 7.60. The van der Waals surface area contributed by atoms with E-state index in [0.717, 1.165) is 4.70 Å². The quantitative estimate of drug-likeness (QED) is 0.537. The zero-order chi connectivity index (χ0) is 19.8. The van der Waals surface area contributed by atoms with Gasteiger partial charge in [-0.3, -0.25) is 4.79 Å². The van der Waals surface area contributed by atoms with Crippen molar-refractivity contribution in [1.29, 1.82) is 0 Å². The van der Waals surface area contributed by atoms with E-state index in [1.165, 1.54) is 11.3 Å². The summed E-state index contributed by atoms with van der Waals surface area (Å²) in [7, 11) is -2.11. The van der Waals surface area contributed by atoms with Gasteiger partial charge >= 0.3 is 5.97 Å². The number of phenols is 1. The summed E-state index contributed by atoms with van der Waals surface area (Å²) in [4.78, 5) is 11.3. The van der Waals surface area contributed by atoms with Gasteiger partial charge in [0, 0.05) is 16.2 Å². The number of fused-ring (bicyclic) bond motifs is 1. The molecule has 0 aliphatic rings. The Kier molecular flexibility index (Phi) is 6.08. The van der Waals surface area contributed by atoms with Crippen LogP contribution in [0.15, 0.2) is 17.5 Å². The number of carboxylic acids is 1. The molecule has 1 unspecified atom stereocenters. The van der Waals surface area contributed by atoms with E-state index in [2.05, 4.69) is 41.5 Å². The van der Waals surface area contributed by atoms with E-state index in [4.69, 9.17) is 4.43 Å². The van der Waals surface area contributed by atoms with Gasteiger partial charge in [-0.05, 0) is 40.6 Å². The fraction of sp³-hybridized carbons (Fsp3) is 0.550. The van der Waals surface area contributed by atoms with Crippen molar-refractivity contribution in [3.63, 3.8) is 0 Å². The van der Waals surface area contributed by atoms with E-state index in [1.807, 2.05) is 11.4 Å². The van der Waals surface area contributed by atoms with Gasteiger partial charge in [-0.1, -0.05) is 41.5 Å². The summed E-state index contributed by atoms with van der Waals surface area (Å²) in [6.45, 7) is 15.0. The SMILES string of the molecule is CC(C(=O)O)c1csc2cc(O[Si](C(C)C)(C(C)C)C(C)C)cc(O)c12. The molecule has 0 aliphatic carbocycles. The number of thiophene rings is 1. The third-order valence-electron chi connectivity index (χ3n) is 5.50. The second-order valence-corrected chi connectivity index (χ2v) is 14.3. The monoisotopic (exact) mass is 394 g/mol. The zero-order valence-electron chi connectivity index (χ0n) is 16.7. The molecule has 1 atom stereocenters. The molecule has 0 amide bonds. The Morgan fingerprint density at radius 1 is 1.04 bits per heavy atom. The number of carboxylic acid groups (broad SMARTS) is 1. The Hall–Kier alpha value is -1.53.